The zero-order valence-corrected chi connectivity index (χ0v) is 13.7. The van der Waals surface area contributed by atoms with Crippen LogP contribution >= 0.6 is 0 Å². The molecule has 0 aliphatic carbocycles. The van der Waals surface area contributed by atoms with Gasteiger partial charge in [-0.1, -0.05) is 12.1 Å². The number of alkyl carbamates (subject to hydrolysis) is 1. The second-order valence-electron chi connectivity index (χ2n) is 6.01. The minimum absolute atomic E-state index is 0.172. The van der Waals surface area contributed by atoms with E-state index < -0.39 is 29.9 Å². The molecule has 3 N–H and O–H groups in total. The van der Waals surface area contributed by atoms with Gasteiger partial charge in [0.15, 0.2) is 0 Å². The summed E-state index contributed by atoms with van der Waals surface area (Å²) >= 11 is 0. The van der Waals surface area contributed by atoms with Crippen molar-refractivity contribution < 1.29 is 29.3 Å². The first-order valence-electron chi connectivity index (χ1n) is 7.15. The second kappa shape index (κ2) is 7.94. The number of ether oxygens (including phenoxy) is 2. The number of methoxy groups -OCH3 is 1. The van der Waals surface area contributed by atoms with Gasteiger partial charge < -0.3 is 25.0 Å². The third-order valence-corrected chi connectivity index (χ3v) is 2.89. The number of hydrogen-bond acceptors (Lipinski definition) is 6. The third-order valence-electron chi connectivity index (χ3n) is 2.89. The molecule has 2 unspecified atom stereocenters. The lowest BCUT2D eigenvalue weighted by molar-refractivity contribution is 0.0129. The summed E-state index contributed by atoms with van der Waals surface area (Å²) in [5.74, 6) is -0.488. The normalized spacial score (nSPS) is 13.8. The molecule has 0 bridgehead atoms. The number of aliphatic hydroxyl groups is 2. The number of carbonyl (C=O) groups excluding carboxylic acids is 2. The summed E-state index contributed by atoms with van der Waals surface area (Å²) in [5, 5.41) is 22.4. The van der Waals surface area contributed by atoms with Crippen molar-refractivity contribution in [3.63, 3.8) is 0 Å². The molecule has 7 heteroatoms. The molecule has 0 saturated heterocycles. The van der Waals surface area contributed by atoms with Crippen LogP contribution in [0.2, 0.25) is 0 Å². The highest BCUT2D eigenvalue weighted by atomic mass is 16.6. The smallest absolute Gasteiger partial charge is 0.407 e. The molecule has 23 heavy (non-hydrogen) atoms. The predicted octanol–water partition coefficient (Wildman–Crippen LogP) is 1.39. The average Bonchev–Trinajstić information content (AvgIpc) is 2.49. The topological polar surface area (TPSA) is 105 Å². The minimum atomic E-state index is -1.22. The van der Waals surface area contributed by atoms with Crippen molar-refractivity contribution in [2.45, 2.75) is 38.6 Å². The van der Waals surface area contributed by atoms with Crippen LogP contribution in [0.3, 0.4) is 0 Å². The van der Waals surface area contributed by atoms with E-state index in [1.54, 1.807) is 20.8 Å². The Kier molecular flexibility index (Phi) is 6.53. The van der Waals surface area contributed by atoms with Crippen molar-refractivity contribution in [2.75, 3.05) is 13.7 Å². The van der Waals surface area contributed by atoms with E-state index in [-0.39, 0.29) is 6.54 Å². The standard InChI is InChI=1S/C16H23NO6/c1-16(2,3)23-15(21)17-9-12(18)13(19)10-5-7-11(8-6-10)14(20)22-4/h5-8,12-13,18-19H,9H2,1-4H3,(H,17,21). The van der Waals surface area contributed by atoms with E-state index in [1.165, 1.54) is 31.4 Å². The zero-order chi connectivity index (χ0) is 17.6. The Morgan fingerprint density at radius 1 is 1.17 bits per heavy atom. The summed E-state index contributed by atoms with van der Waals surface area (Å²) in [5.41, 5.74) is 0.109. The highest BCUT2D eigenvalue weighted by Crippen LogP contribution is 2.18. The highest BCUT2D eigenvalue weighted by molar-refractivity contribution is 5.89. The molecule has 0 aliphatic rings. The van der Waals surface area contributed by atoms with Gasteiger partial charge >= 0.3 is 12.1 Å². The van der Waals surface area contributed by atoms with Crippen LogP contribution in [0, 0.1) is 0 Å². The lowest BCUT2D eigenvalue weighted by Gasteiger charge is -2.22. The molecular weight excluding hydrogens is 302 g/mol. The SMILES string of the molecule is COC(=O)c1ccc(C(O)C(O)CNC(=O)OC(C)(C)C)cc1. The van der Waals surface area contributed by atoms with Gasteiger partial charge in [0.2, 0.25) is 0 Å². The molecular formula is C16H23NO6. The molecule has 128 valence electrons. The van der Waals surface area contributed by atoms with Crippen LogP contribution in [0.25, 0.3) is 0 Å². The molecule has 2 atom stereocenters. The van der Waals surface area contributed by atoms with Crippen LogP contribution in [-0.4, -0.2) is 47.6 Å². The Hall–Kier alpha value is -2.12. The number of carbonyl (C=O) groups is 2. The van der Waals surface area contributed by atoms with E-state index in [0.717, 1.165) is 0 Å². The van der Waals surface area contributed by atoms with Gasteiger partial charge in [0.25, 0.3) is 0 Å². The molecule has 0 spiro atoms. The average molecular weight is 325 g/mol. The lowest BCUT2D eigenvalue weighted by atomic mass is 10.0. The van der Waals surface area contributed by atoms with Gasteiger partial charge in [-0.05, 0) is 38.5 Å². The van der Waals surface area contributed by atoms with Gasteiger partial charge in [-0.3, -0.25) is 0 Å². The van der Waals surface area contributed by atoms with Crippen LogP contribution in [-0.2, 0) is 9.47 Å². The van der Waals surface area contributed by atoms with Gasteiger partial charge in [0.1, 0.15) is 17.8 Å². The number of amides is 1. The fourth-order valence-corrected chi connectivity index (χ4v) is 1.77. The summed E-state index contributed by atoms with van der Waals surface area (Å²) in [6.07, 6.45) is -3.10. The van der Waals surface area contributed by atoms with Crippen LogP contribution < -0.4 is 5.32 Å². The summed E-state index contributed by atoms with van der Waals surface area (Å²) in [4.78, 5) is 22.8. The quantitative estimate of drug-likeness (QED) is 0.707. The van der Waals surface area contributed by atoms with Crippen LogP contribution in [0.4, 0.5) is 4.79 Å². The maximum atomic E-state index is 11.5. The van der Waals surface area contributed by atoms with Crippen molar-refractivity contribution >= 4 is 12.1 Å². The first-order valence-corrected chi connectivity index (χ1v) is 7.15. The number of aliphatic hydroxyl groups excluding tert-OH is 2. The van der Waals surface area contributed by atoms with Gasteiger partial charge in [0.05, 0.1) is 12.7 Å². The zero-order valence-electron chi connectivity index (χ0n) is 13.7. The van der Waals surface area contributed by atoms with E-state index in [4.69, 9.17) is 4.74 Å². The van der Waals surface area contributed by atoms with Crippen LogP contribution in [0.15, 0.2) is 24.3 Å². The molecule has 1 aromatic rings. The fraction of sp³-hybridized carbons (Fsp3) is 0.500. The van der Waals surface area contributed by atoms with Crippen molar-refractivity contribution in [1.29, 1.82) is 0 Å². The van der Waals surface area contributed by atoms with E-state index in [0.29, 0.717) is 11.1 Å². The monoisotopic (exact) mass is 325 g/mol. The first kappa shape index (κ1) is 18.9. The van der Waals surface area contributed by atoms with Gasteiger partial charge in [-0.2, -0.15) is 0 Å². The second-order valence-corrected chi connectivity index (χ2v) is 6.01. The van der Waals surface area contributed by atoms with Gasteiger partial charge in [0, 0.05) is 6.54 Å². The highest BCUT2D eigenvalue weighted by Gasteiger charge is 2.21. The summed E-state index contributed by atoms with van der Waals surface area (Å²) < 4.78 is 9.61. The number of hydrogen-bond donors (Lipinski definition) is 3. The summed E-state index contributed by atoms with van der Waals surface area (Å²) in [7, 11) is 1.27. The van der Waals surface area contributed by atoms with Gasteiger partial charge in [-0.25, -0.2) is 9.59 Å². The van der Waals surface area contributed by atoms with E-state index in [2.05, 4.69) is 10.1 Å². The molecule has 0 heterocycles. The van der Waals surface area contributed by atoms with E-state index in [1.807, 2.05) is 0 Å². The van der Waals surface area contributed by atoms with E-state index >= 15 is 0 Å². The van der Waals surface area contributed by atoms with Crippen molar-refractivity contribution in [2.24, 2.45) is 0 Å². The molecule has 1 rings (SSSR count). The molecule has 0 radical (unpaired) electrons. The molecule has 0 saturated carbocycles. The minimum Gasteiger partial charge on any atom is -0.465 e. The summed E-state index contributed by atoms with van der Waals surface area (Å²) in [6.45, 7) is 5.00. The molecule has 1 aromatic carbocycles. The molecule has 0 aromatic heterocycles. The predicted molar refractivity (Wildman–Crippen MR) is 83.0 cm³/mol. The Labute approximate surface area is 135 Å². The fourth-order valence-electron chi connectivity index (χ4n) is 1.77. The summed E-state index contributed by atoms with van der Waals surface area (Å²) in [6, 6.07) is 5.98. The molecule has 0 aliphatic heterocycles. The van der Waals surface area contributed by atoms with Crippen molar-refractivity contribution in [3.05, 3.63) is 35.4 Å². The third kappa shape index (κ3) is 6.25. The Balaban J connectivity index is 2.58. The van der Waals surface area contributed by atoms with Crippen molar-refractivity contribution in [3.8, 4) is 0 Å². The lowest BCUT2D eigenvalue weighted by Crippen LogP contribution is -2.38. The Morgan fingerprint density at radius 2 is 1.74 bits per heavy atom. The first-order chi connectivity index (χ1) is 10.6. The Bertz CT molecular complexity index is 534. The number of esters is 1. The van der Waals surface area contributed by atoms with Crippen LogP contribution in [0.1, 0.15) is 42.8 Å². The number of nitrogens with one attached hydrogen (secondary N) is 1. The maximum absolute atomic E-state index is 11.5. The molecule has 7 nitrogen and oxygen atoms in total. The van der Waals surface area contributed by atoms with Gasteiger partial charge in [-0.15, -0.1) is 0 Å². The Morgan fingerprint density at radius 3 is 2.22 bits per heavy atom. The number of benzene rings is 1. The number of rotatable bonds is 5. The maximum Gasteiger partial charge on any atom is 0.407 e. The van der Waals surface area contributed by atoms with Crippen molar-refractivity contribution in [1.82, 2.24) is 5.32 Å². The molecule has 1 amide bonds. The van der Waals surface area contributed by atoms with Crippen LogP contribution in [0.5, 0.6) is 0 Å². The molecule has 0 fully saturated rings. The van der Waals surface area contributed by atoms with E-state index in [9.17, 15) is 19.8 Å². The largest absolute Gasteiger partial charge is 0.465 e.